The lowest BCUT2D eigenvalue weighted by Crippen LogP contribution is -2.25. The van der Waals surface area contributed by atoms with Gasteiger partial charge in [-0.15, -0.1) is 0 Å². The Morgan fingerprint density at radius 1 is 1.12 bits per heavy atom. The number of rotatable bonds is 4. The first-order chi connectivity index (χ1) is 12.6. The minimum atomic E-state index is -0.0762. The standard InChI is InChI=1S/C19H18N4O3/c1-25-13-7-12(8-14(9-13)26-2)23-11-16(24)18(19(23)20)15-10-22-6-4-3-5-17(22)21-15/h3-10H,11,20H2,1-2H3. The molecule has 2 N–H and O–H groups in total. The smallest absolute Gasteiger partial charge is 0.188 e. The monoisotopic (exact) mass is 350 g/mol. The molecule has 0 spiro atoms. The zero-order chi connectivity index (χ0) is 18.3. The topological polar surface area (TPSA) is 82.1 Å². The van der Waals surface area contributed by atoms with Crippen molar-refractivity contribution in [2.75, 3.05) is 25.7 Å². The van der Waals surface area contributed by atoms with Crippen molar-refractivity contribution in [3.63, 3.8) is 0 Å². The highest BCUT2D eigenvalue weighted by Crippen LogP contribution is 2.34. The summed E-state index contributed by atoms with van der Waals surface area (Å²) in [6.07, 6.45) is 3.69. The molecule has 0 aliphatic carbocycles. The number of ether oxygens (including phenoxy) is 2. The number of anilines is 1. The van der Waals surface area contributed by atoms with Crippen LogP contribution in [0.2, 0.25) is 0 Å². The van der Waals surface area contributed by atoms with E-state index < -0.39 is 0 Å². The molecule has 3 heterocycles. The van der Waals surface area contributed by atoms with Crippen LogP contribution in [0.15, 0.2) is 54.6 Å². The molecule has 0 fully saturated rings. The number of Topliss-reactive ketones (excluding diaryl/α,β-unsaturated/α-hetero) is 1. The Morgan fingerprint density at radius 3 is 2.50 bits per heavy atom. The number of benzene rings is 1. The zero-order valence-corrected chi connectivity index (χ0v) is 14.5. The fourth-order valence-electron chi connectivity index (χ4n) is 3.09. The van der Waals surface area contributed by atoms with Gasteiger partial charge in [0.2, 0.25) is 0 Å². The van der Waals surface area contributed by atoms with Crippen LogP contribution in [-0.2, 0) is 4.79 Å². The Balaban J connectivity index is 1.79. The molecule has 1 aliphatic rings. The van der Waals surface area contributed by atoms with Crippen molar-refractivity contribution in [2.24, 2.45) is 5.73 Å². The molecular formula is C19H18N4O3. The van der Waals surface area contributed by atoms with Crippen LogP contribution in [0.25, 0.3) is 11.2 Å². The quantitative estimate of drug-likeness (QED) is 0.776. The number of nitrogens with zero attached hydrogens (tertiary/aromatic N) is 3. The number of aromatic nitrogens is 2. The van der Waals surface area contributed by atoms with Crippen molar-refractivity contribution >= 4 is 22.7 Å². The van der Waals surface area contributed by atoms with Gasteiger partial charge in [0.1, 0.15) is 23.0 Å². The Bertz CT molecular complexity index is 983. The van der Waals surface area contributed by atoms with Crippen molar-refractivity contribution < 1.29 is 14.3 Å². The van der Waals surface area contributed by atoms with Crippen molar-refractivity contribution in [2.45, 2.75) is 0 Å². The number of hydrogen-bond acceptors (Lipinski definition) is 6. The number of ketones is 1. The Morgan fingerprint density at radius 2 is 1.85 bits per heavy atom. The Labute approximate surface area is 150 Å². The molecule has 7 nitrogen and oxygen atoms in total. The van der Waals surface area contributed by atoms with Gasteiger partial charge in [0.15, 0.2) is 5.78 Å². The maximum absolute atomic E-state index is 12.7. The molecule has 0 bridgehead atoms. The SMILES string of the molecule is COc1cc(OC)cc(N2CC(=O)C(c3cn4ccccc4n3)=C2N)c1. The number of nitrogens with two attached hydrogens (primary N) is 1. The van der Waals surface area contributed by atoms with E-state index in [1.54, 1.807) is 25.2 Å². The second-order valence-electron chi connectivity index (χ2n) is 5.93. The first-order valence-corrected chi connectivity index (χ1v) is 8.08. The molecule has 2 aromatic heterocycles. The van der Waals surface area contributed by atoms with Crippen LogP contribution in [0.5, 0.6) is 11.5 Å². The summed E-state index contributed by atoms with van der Waals surface area (Å²) in [7, 11) is 3.16. The minimum absolute atomic E-state index is 0.0762. The van der Waals surface area contributed by atoms with Gasteiger partial charge in [-0.3, -0.25) is 4.79 Å². The van der Waals surface area contributed by atoms with E-state index in [9.17, 15) is 4.79 Å². The molecule has 26 heavy (non-hydrogen) atoms. The summed E-state index contributed by atoms with van der Waals surface area (Å²) >= 11 is 0. The molecule has 0 atom stereocenters. The molecule has 4 rings (SSSR count). The van der Waals surface area contributed by atoms with Crippen LogP contribution in [0.1, 0.15) is 5.69 Å². The molecule has 1 aromatic carbocycles. The summed E-state index contributed by atoms with van der Waals surface area (Å²) < 4.78 is 12.5. The first-order valence-electron chi connectivity index (χ1n) is 8.08. The normalized spacial score (nSPS) is 14.4. The summed E-state index contributed by atoms with van der Waals surface area (Å²) in [6, 6.07) is 11.1. The Hall–Kier alpha value is -3.48. The maximum Gasteiger partial charge on any atom is 0.188 e. The Kier molecular flexibility index (Phi) is 3.76. The van der Waals surface area contributed by atoms with Gasteiger partial charge in [-0.2, -0.15) is 0 Å². The number of methoxy groups -OCH3 is 2. The molecule has 0 saturated carbocycles. The predicted molar refractivity (Wildman–Crippen MR) is 98.2 cm³/mol. The highest BCUT2D eigenvalue weighted by atomic mass is 16.5. The van der Waals surface area contributed by atoms with E-state index >= 15 is 0 Å². The van der Waals surface area contributed by atoms with E-state index in [0.717, 1.165) is 11.3 Å². The van der Waals surface area contributed by atoms with Gasteiger partial charge in [-0.05, 0) is 12.1 Å². The number of carbonyl (C=O) groups excluding carboxylic acids is 1. The van der Waals surface area contributed by atoms with E-state index in [0.29, 0.717) is 28.6 Å². The highest BCUT2D eigenvalue weighted by molar-refractivity contribution is 6.26. The maximum atomic E-state index is 12.7. The molecule has 1 aliphatic heterocycles. The molecule has 3 aromatic rings. The van der Waals surface area contributed by atoms with Gasteiger partial charge in [-0.1, -0.05) is 6.07 Å². The summed E-state index contributed by atoms with van der Waals surface area (Å²) in [4.78, 5) is 18.9. The molecule has 0 amide bonds. The summed E-state index contributed by atoms with van der Waals surface area (Å²) in [6.45, 7) is 0.144. The number of imidazole rings is 1. The fraction of sp³-hybridized carbons (Fsp3) is 0.158. The zero-order valence-electron chi connectivity index (χ0n) is 14.5. The van der Waals surface area contributed by atoms with Crippen molar-refractivity contribution in [1.82, 2.24) is 9.38 Å². The molecule has 7 heteroatoms. The third kappa shape index (κ3) is 2.54. The van der Waals surface area contributed by atoms with Crippen molar-refractivity contribution in [3.8, 4) is 11.5 Å². The van der Waals surface area contributed by atoms with Gasteiger partial charge in [-0.25, -0.2) is 4.98 Å². The van der Waals surface area contributed by atoms with E-state index in [1.165, 1.54) is 0 Å². The van der Waals surface area contributed by atoms with Gasteiger partial charge in [0, 0.05) is 30.6 Å². The molecule has 0 unspecified atom stereocenters. The lowest BCUT2D eigenvalue weighted by molar-refractivity contribution is -0.112. The predicted octanol–water partition coefficient (Wildman–Crippen LogP) is 2.07. The van der Waals surface area contributed by atoms with Crippen molar-refractivity contribution in [1.29, 1.82) is 0 Å². The summed E-state index contributed by atoms with van der Waals surface area (Å²) in [5, 5.41) is 0. The minimum Gasteiger partial charge on any atom is -0.497 e. The molecule has 132 valence electrons. The van der Waals surface area contributed by atoms with E-state index in [1.807, 2.05) is 47.1 Å². The van der Waals surface area contributed by atoms with Gasteiger partial charge < -0.3 is 24.5 Å². The second-order valence-corrected chi connectivity index (χ2v) is 5.93. The van der Waals surface area contributed by atoms with Crippen LogP contribution in [0.3, 0.4) is 0 Å². The fourth-order valence-corrected chi connectivity index (χ4v) is 3.09. The second kappa shape index (κ2) is 6.11. The van der Waals surface area contributed by atoms with Crippen molar-refractivity contribution in [3.05, 3.63) is 60.3 Å². The third-order valence-corrected chi connectivity index (χ3v) is 4.40. The van der Waals surface area contributed by atoms with Gasteiger partial charge in [0.05, 0.1) is 37.7 Å². The molecular weight excluding hydrogens is 332 g/mol. The summed E-state index contributed by atoms with van der Waals surface area (Å²) in [5.41, 5.74) is 8.82. The largest absolute Gasteiger partial charge is 0.497 e. The number of carbonyl (C=O) groups is 1. The third-order valence-electron chi connectivity index (χ3n) is 4.40. The summed E-state index contributed by atoms with van der Waals surface area (Å²) in [5.74, 6) is 1.54. The van der Waals surface area contributed by atoms with Gasteiger partial charge >= 0.3 is 0 Å². The number of pyridine rings is 1. The van der Waals surface area contributed by atoms with E-state index in [-0.39, 0.29) is 12.3 Å². The van der Waals surface area contributed by atoms with E-state index in [4.69, 9.17) is 15.2 Å². The van der Waals surface area contributed by atoms with Crippen LogP contribution in [0.4, 0.5) is 5.69 Å². The molecule has 0 radical (unpaired) electrons. The lowest BCUT2D eigenvalue weighted by Gasteiger charge is -2.20. The first kappa shape index (κ1) is 16.0. The number of hydrogen-bond donors (Lipinski definition) is 1. The average molecular weight is 350 g/mol. The van der Waals surface area contributed by atoms with Crippen LogP contribution in [0, 0.1) is 0 Å². The van der Waals surface area contributed by atoms with Crippen LogP contribution < -0.4 is 20.1 Å². The molecule has 0 saturated heterocycles. The lowest BCUT2D eigenvalue weighted by atomic mass is 10.1. The van der Waals surface area contributed by atoms with Crippen LogP contribution >= 0.6 is 0 Å². The van der Waals surface area contributed by atoms with E-state index in [2.05, 4.69) is 4.98 Å². The van der Waals surface area contributed by atoms with Crippen LogP contribution in [-0.4, -0.2) is 35.9 Å². The average Bonchev–Trinajstić information content (AvgIpc) is 3.21. The highest BCUT2D eigenvalue weighted by Gasteiger charge is 2.32. The van der Waals surface area contributed by atoms with Gasteiger partial charge in [0.25, 0.3) is 0 Å². The number of fused-ring (bicyclic) bond motifs is 1.